The molecule has 0 radical (unpaired) electrons. The summed E-state index contributed by atoms with van der Waals surface area (Å²) < 4.78 is 2.37. The highest BCUT2D eigenvalue weighted by Crippen LogP contribution is 2.32. The summed E-state index contributed by atoms with van der Waals surface area (Å²) in [5.41, 5.74) is 8.72. The third-order valence-corrected chi connectivity index (χ3v) is 4.59. The lowest BCUT2D eigenvalue weighted by molar-refractivity contribution is 0.884. The molecule has 2 N–H and O–H groups in total. The SMILES string of the molecule is NC(c1ccc(Br)cc1)c1csc2ccccc12. The second kappa shape index (κ2) is 4.84. The molecule has 3 rings (SSSR count). The Morgan fingerprint density at radius 2 is 1.72 bits per heavy atom. The molecule has 3 heteroatoms. The van der Waals surface area contributed by atoms with E-state index in [1.54, 1.807) is 11.3 Å². The van der Waals surface area contributed by atoms with Crippen LogP contribution in [0.3, 0.4) is 0 Å². The number of thiophene rings is 1. The van der Waals surface area contributed by atoms with E-state index in [-0.39, 0.29) is 6.04 Å². The summed E-state index contributed by atoms with van der Waals surface area (Å²) in [6, 6.07) is 16.5. The fraction of sp³-hybridized carbons (Fsp3) is 0.0667. The highest BCUT2D eigenvalue weighted by Gasteiger charge is 2.13. The van der Waals surface area contributed by atoms with Crippen LogP contribution in [-0.2, 0) is 0 Å². The van der Waals surface area contributed by atoms with Crippen molar-refractivity contribution in [2.45, 2.75) is 6.04 Å². The van der Waals surface area contributed by atoms with E-state index < -0.39 is 0 Å². The molecule has 0 aliphatic heterocycles. The number of fused-ring (bicyclic) bond motifs is 1. The van der Waals surface area contributed by atoms with Gasteiger partial charge in [0, 0.05) is 9.17 Å². The summed E-state index contributed by atoms with van der Waals surface area (Å²) in [5.74, 6) is 0. The number of nitrogens with two attached hydrogens (primary N) is 1. The molecule has 0 saturated carbocycles. The Morgan fingerprint density at radius 3 is 2.50 bits per heavy atom. The Bertz CT molecular complexity index is 672. The van der Waals surface area contributed by atoms with Crippen LogP contribution in [0.15, 0.2) is 58.4 Å². The number of benzene rings is 2. The Kier molecular flexibility index (Phi) is 3.20. The van der Waals surface area contributed by atoms with Gasteiger partial charge in [-0.25, -0.2) is 0 Å². The minimum atomic E-state index is -0.0609. The molecule has 0 aliphatic rings. The Hall–Kier alpha value is -1.16. The number of rotatable bonds is 2. The molecule has 1 nitrogen and oxygen atoms in total. The first-order valence-corrected chi connectivity index (χ1v) is 7.40. The molecule has 0 aliphatic carbocycles. The van der Waals surface area contributed by atoms with Gasteiger partial charge in [0.25, 0.3) is 0 Å². The van der Waals surface area contributed by atoms with E-state index in [9.17, 15) is 0 Å². The van der Waals surface area contributed by atoms with E-state index in [0.29, 0.717) is 0 Å². The first kappa shape index (κ1) is 11.9. The van der Waals surface area contributed by atoms with Gasteiger partial charge in [-0.1, -0.05) is 46.3 Å². The van der Waals surface area contributed by atoms with Gasteiger partial charge in [0.15, 0.2) is 0 Å². The smallest absolute Gasteiger partial charge is 0.0566 e. The maximum atomic E-state index is 6.37. The van der Waals surface area contributed by atoms with Crippen molar-refractivity contribution in [2.24, 2.45) is 5.73 Å². The molecule has 1 atom stereocenters. The van der Waals surface area contributed by atoms with E-state index in [0.717, 1.165) is 10.0 Å². The van der Waals surface area contributed by atoms with E-state index in [1.807, 2.05) is 12.1 Å². The Labute approximate surface area is 118 Å². The molecule has 0 amide bonds. The molecule has 1 aromatic heterocycles. The molecular weight excluding hydrogens is 306 g/mol. The Morgan fingerprint density at radius 1 is 1.00 bits per heavy atom. The van der Waals surface area contributed by atoms with Crippen molar-refractivity contribution in [3.8, 4) is 0 Å². The van der Waals surface area contributed by atoms with Crippen LogP contribution in [0.5, 0.6) is 0 Å². The van der Waals surface area contributed by atoms with Crippen molar-refractivity contribution in [2.75, 3.05) is 0 Å². The van der Waals surface area contributed by atoms with Gasteiger partial charge in [0.2, 0.25) is 0 Å². The first-order chi connectivity index (χ1) is 8.75. The summed E-state index contributed by atoms with van der Waals surface area (Å²) in [6.45, 7) is 0. The van der Waals surface area contributed by atoms with Gasteiger partial charge in [0.1, 0.15) is 0 Å². The van der Waals surface area contributed by atoms with E-state index in [4.69, 9.17) is 5.73 Å². The lowest BCUT2D eigenvalue weighted by Crippen LogP contribution is -2.10. The van der Waals surface area contributed by atoms with Gasteiger partial charge >= 0.3 is 0 Å². The van der Waals surface area contributed by atoms with E-state index in [1.165, 1.54) is 15.6 Å². The van der Waals surface area contributed by atoms with Gasteiger partial charge in [-0.2, -0.15) is 0 Å². The average Bonchev–Trinajstić information content (AvgIpc) is 2.82. The largest absolute Gasteiger partial charge is 0.320 e. The number of hydrogen-bond donors (Lipinski definition) is 1. The van der Waals surface area contributed by atoms with Crippen LogP contribution < -0.4 is 5.73 Å². The van der Waals surface area contributed by atoms with E-state index >= 15 is 0 Å². The molecule has 1 unspecified atom stereocenters. The minimum Gasteiger partial charge on any atom is -0.320 e. The summed E-state index contributed by atoms with van der Waals surface area (Å²) in [4.78, 5) is 0. The predicted molar refractivity (Wildman–Crippen MR) is 82.0 cm³/mol. The molecule has 0 spiro atoms. The van der Waals surface area contributed by atoms with Crippen LogP contribution in [0.1, 0.15) is 17.2 Å². The summed E-state index contributed by atoms with van der Waals surface area (Å²) in [6.07, 6.45) is 0. The van der Waals surface area contributed by atoms with Gasteiger partial charge in [-0.3, -0.25) is 0 Å². The van der Waals surface area contributed by atoms with Gasteiger partial charge in [-0.05, 0) is 40.1 Å². The van der Waals surface area contributed by atoms with Crippen LogP contribution >= 0.6 is 27.3 Å². The maximum absolute atomic E-state index is 6.37. The third kappa shape index (κ3) is 2.09. The molecule has 18 heavy (non-hydrogen) atoms. The summed E-state index contributed by atoms with van der Waals surface area (Å²) >= 11 is 5.20. The van der Waals surface area contributed by atoms with Crippen molar-refractivity contribution >= 4 is 37.4 Å². The van der Waals surface area contributed by atoms with Gasteiger partial charge < -0.3 is 5.73 Å². The zero-order valence-electron chi connectivity index (χ0n) is 9.64. The van der Waals surface area contributed by atoms with Crippen LogP contribution in [0.25, 0.3) is 10.1 Å². The second-order valence-corrected chi connectivity index (χ2v) is 6.04. The minimum absolute atomic E-state index is 0.0609. The van der Waals surface area contributed by atoms with Crippen molar-refractivity contribution in [3.63, 3.8) is 0 Å². The lowest BCUT2D eigenvalue weighted by Gasteiger charge is -2.11. The molecular formula is C15H12BrNS. The predicted octanol–water partition coefficient (Wildman–Crippen LogP) is 4.71. The Balaban J connectivity index is 2.06. The van der Waals surface area contributed by atoms with Crippen LogP contribution in [0, 0.1) is 0 Å². The van der Waals surface area contributed by atoms with Gasteiger partial charge in [0.05, 0.1) is 6.04 Å². The first-order valence-electron chi connectivity index (χ1n) is 5.73. The van der Waals surface area contributed by atoms with E-state index in [2.05, 4.69) is 57.7 Å². The van der Waals surface area contributed by atoms with Crippen LogP contribution in [0.4, 0.5) is 0 Å². The highest BCUT2D eigenvalue weighted by molar-refractivity contribution is 9.10. The van der Waals surface area contributed by atoms with Crippen LogP contribution in [0.2, 0.25) is 0 Å². The quantitative estimate of drug-likeness (QED) is 0.727. The zero-order chi connectivity index (χ0) is 12.5. The second-order valence-electron chi connectivity index (χ2n) is 4.22. The fourth-order valence-corrected chi connectivity index (χ4v) is 3.35. The maximum Gasteiger partial charge on any atom is 0.0566 e. The van der Waals surface area contributed by atoms with Crippen LogP contribution in [-0.4, -0.2) is 0 Å². The molecule has 2 aromatic carbocycles. The zero-order valence-corrected chi connectivity index (χ0v) is 12.0. The average molecular weight is 318 g/mol. The molecule has 0 fully saturated rings. The fourth-order valence-electron chi connectivity index (χ4n) is 2.09. The summed E-state index contributed by atoms with van der Waals surface area (Å²) in [5, 5.41) is 3.43. The number of hydrogen-bond acceptors (Lipinski definition) is 2. The lowest BCUT2D eigenvalue weighted by atomic mass is 9.99. The number of halogens is 1. The van der Waals surface area contributed by atoms with Crippen molar-refractivity contribution < 1.29 is 0 Å². The molecule has 1 heterocycles. The molecule has 90 valence electrons. The third-order valence-electron chi connectivity index (χ3n) is 3.08. The molecule has 0 saturated heterocycles. The van der Waals surface area contributed by atoms with Crippen molar-refractivity contribution in [1.82, 2.24) is 0 Å². The standard InChI is InChI=1S/C15H12BrNS/c16-11-7-5-10(6-8-11)15(17)13-9-18-14-4-2-1-3-12(13)14/h1-9,15H,17H2. The summed E-state index contributed by atoms with van der Waals surface area (Å²) in [7, 11) is 0. The molecule has 0 bridgehead atoms. The molecule has 3 aromatic rings. The van der Waals surface area contributed by atoms with Crippen molar-refractivity contribution in [1.29, 1.82) is 0 Å². The normalized spacial score (nSPS) is 12.8. The highest BCUT2D eigenvalue weighted by atomic mass is 79.9. The topological polar surface area (TPSA) is 26.0 Å². The monoisotopic (exact) mass is 317 g/mol. The van der Waals surface area contributed by atoms with Crippen molar-refractivity contribution in [3.05, 3.63) is 69.5 Å². The van der Waals surface area contributed by atoms with Gasteiger partial charge in [-0.15, -0.1) is 11.3 Å².